The summed E-state index contributed by atoms with van der Waals surface area (Å²) in [7, 11) is 1.49. The summed E-state index contributed by atoms with van der Waals surface area (Å²) in [6.45, 7) is 2.05. The number of phenolic OH excluding ortho intramolecular Hbond substituents is 1. The molecule has 5 nitrogen and oxygen atoms in total. The van der Waals surface area contributed by atoms with E-state index in [0.717, 1.165) is 17.3 Å². The molecular formula is C19H21BrN2O3. The molecule has 0 saturated carbocycles. The molecule has 0 bridgehead atoms. The van der Waals surface area contributed by atoms with E-state index in [2.05, 4.69) is 33.2 Å². The Bertz CT molecular complexity index is 775. The summed E-state index contributed by atoms with van der Waals surface area (Å²) >= 11 is 3.37. The number of halogens is 1. The zero-order valence-electron chi connectivity index (χ0n) is 14.3. The van der Waals surface area contributed by atoms with Crippen molar-refractivity contribution in [2.45, 2.75) is 26.2 Å². The minimum atomic E-state index is -0.00245. The maximum Gasteiger partial charge on any atom is 0.224 e. The van der Waals surface area contributed by atoms with Gasteiger partial charge >= 0.3 is 0 Å². The molecule has 0 unspecified atom stereocenters. The first-order chi connectivity index (χ1) is 12.0. The Morgan fingerprint density at radius 1 is 1.36 bits per heavy atom. The minimum absolute atomic E-state index is 0.00245. The van der Waals surface area contributed by atoms with E-state index >= 15 is 0 Å². The first kappa shape index (κ1) is 19.0. The average Bonchev–Trinajstić information content (AvgIpc) is 2.60. The summed E-state index contributed by atoms with van der Waals surface area (Å²) in [5.41, 5.74) is 1.90. The van der Waals surface area contributed by atoms with Crippen LogP contribution in [0.25, 0.3) is 0 Å². The Labute approximate surface area is 155 Å². The second-order valence-electron chi connectivity index (χ2n) is 5.51. The maximum atomic E-state index is 11.8. The number of nitrogens with zero attached hydrogens (tertiary/aromatic N) is 1. The standard InChI is InChI=1S/C19H21BrN2O3/c1-3-4-8-18(23)22-16-7-5-6-15(11-16)21-12-13-9-14(20)10-17(25-2)19(13)24/h5-7,9-12,24H,3-4,8H2,1-2H3,(H,22,23). The van der Waals surface area contributed by atoms with Gasteiger partial charge in [0.25, 0.3) is 0 Å². The zero-order valence-corrected chi connectivity index (χ0v) is 15.8. The maximum absolute atomic E-state index is 11.8. The number of hydrogen-bond acceptors (Lipinski definition) is 4. The molecule has 0 aromatic heterocycles. The summed E-state index contributed by atoms with van der Waals surface area (Å²) in [6, 6.07) is 10.7. The minimum Gasteiger partial charge on any atom is -0.504 e. The molecule has 2 N–H and O–H groups in total. The van der Waals surface area contributed by atoms with Crippen LogP contribution < -0.4 is 10.1 Å². The van der Waals surface area contributed by atoms with Gasteiger partial charge in [-0.2, -0.15) is 0 Å². The van der Waals surface area contributed by atoms with Crippen LogP contribution in [0.2, 0.25) is 0 Å². The molecule has 25 heavy (non-hydrogen) atoms. The van der Waals surface area contributed by atoms with Gasteiger partial charge in [0.2, 0.25) is 5.91 Å². The predicted octanol–water partition coefficient (Wildman–Crippen LogP) is 5.04. The van der Waals surface area contributed by atoms with Crippen LogP contribution in [0.15, 0.2) is 45.9 Å². The number of carbonyl (C=O) groups is 1. The van der Waals surface area contributed by atoms with Crippen molar-refractivity contribution >= 4 is 39.4 Å². The van der Waals surface area contributed by atoms with E-state index in [4.69, 9.17) is 4.74 Å². The lowest BCUT2D eigenvalue weighted by atomic mass is 10.2. The quantitative estimate of drug-likeness (QED) is 0.634. The Morgan fingerprint density at radius 3 is 2.88 bits per heavy atom. The van der Waals surface area contributed by atoms with Crippen LogP contribution in [0.4, 0.5) is 11.4 Å². The first-order valence-corrected chi connectivity index (χ1v) is 8.83. The molecule has 0 aliphatic rings. The van der Waals surface area contributed by atoms with E-state index in [1.807, 2.05) is 18.2 Å². The van der Waals surface area contributed by atoms with E-state index in [1.165, 1.54) is 7.11 Å². The van der Waals surface area contributed by atoms with Gasteiger partial charge < -0.3 is 15.2 Å². The molecule has 2 rings (SSSR count). The van der Waals surface area contributed by atoms with Crippen molar-refractivity contribution in [2.24, 2.45) is 4.99 Å². The number of phenols is 1. The summed E-state index contributed by atoms with van der Waals surface area (Å²) in [4.78, 5) is 16.2. The molecule has 0 heterocycles. The van der Waals surface area contributed by atoms with Crippen LogP contribution in [0.1, 0.15) is 31.7 Å². The second-order valence-corrected chi connectivity index (χ2v) is 6.42. The lowest BCUT2D eigenvalue weighted by Gasteiger charge is -2.07. The molecule has 0 aliphatic heterocycles. The number of aliphatic imine (C=N–C) groups is 1. The predicted molar refractivity (Wildman–Crippen MR) is 104 cm³/mol. The number of methoxy groups -OCH3 is 1. The van der Waals surface area contributed by atoms with E-state index in [0.29, 0.717) is 29.1 Å². The zero-order chi connectivity index (χ0) is 18.2. The molecule has 0 radical (unpaired) electrons. The normalized spacial score (nSPS) is 10.8. The molecule has 2 aromatic rings. The number of rotatable bonds is 7. The Morgan fingerprint density at radius 2 is 2.16 bits per heavy atom. The van der Waals surface area contributed by atoms with Gasteiger partial charge in [0.05, 0.1) is 12.8 Å². The highest BCUT2D eigenvalue weighted by Crippen LogP contribution is 2.33. The van der Waals surface area contributed by atoms with Crippen molar-refractivity contribution in [1.82, 2.24) is 0 Å². The van der Waals surface area contributed by atoms with Gasteiger partial charge in [-0.25, -0.2) is 0 Å². The molecule has 0 aliphatic carbocycles. The average molecular weight is 405 g/mol. The second kappa shape index (κ2) is 9.22. The summed E-state index contributed by atoms with van der Waals surface area (Å²) < 4.78 is 5.90. The van der Waals surface area contributed by atoms with Crippen LogP contribution in [-0.2, 0) is 4.79 Å². The smallest absolute Gasteiger partial charge is 0.224 e. The van der Waals surface area contributed by atoms with Crippen LogP contribution >= 0.6 is 15.9 Å². The SMILES string of the molecule is CCCCC(=O)Nc1cccc(N=Cc2cc(Br)cc(OC)c2O)c1. The Balaban J connectivity index is 2.15. The van der Waals surface area contributed by atoms with E-state index in [9.17, 15) is 9.90 Å². The molecular weight excluding hydrogens is 384 g/mol. The number of carbonyl (C=O) groups excluding carboxylic acids is 1. The molecule has 0 fully saturated rings. The Hall–Kier alpha value is -2.34. The van der Waals surface area contributed by atoms with Gasteiger partial charge in [0.15, 0.2) is 11.5 Å². The van der Waals surface area contributed by atoms with Crippen LogP contribution in [-0.4, -0.2) is 24.3 Å². The number of hydrogen-bond donors (Lipinski definition) is 2. The number of aromatic hydroxyl groups is 1. The van der Waals surface area contributed by atoms with Crippen LogP contribution in [0, 0.1) is 0 Å². The highest BCUT2D eigenvalue weighted by atomic mass is 79.9. The van der Waals surface area contributed by atoms with Crippen LogP contribution in [0.3, 0.4) is 0 Å². The number of ether oxygens (including phenoxy) is 1. The van der Waals surface area contributed by atoms with E-state index in [-0.39, 0.29) is 11.7 Å². The summed E-state index contributed by atoms with van der Waals surface area (Å²) in [5.74, 6) is 0.392. The fourth-order valence-corrected chi connectivity index (χ4v) is 2.67. The highest BCUT2D eigenvalue weighted by Gasteiger charge is 2.08. The molecule has 6 heteroatoms. The van der Waals surface area contributed by atoms with Gasteiger partial charge in [-0.1, -0.05) is 35.3 Å². The van der Waals surface area contributed by atoms with Crippen molar-refractivity contribution < 1.29 is 14.6 Å². The van der Waals surface area contributed by atoms with Crippen molar-refractivity contribution in [3.8, 4) is 11.5 Å². The van der Waals surface area contributed by atoms with Crippen molar-refractivity contribution in [2.75, 3.05) is 12.4 Å². The third-order valence-electron chi connectivity index (χ3n) is 3.53. The van der Waals surface area contributed by atoms with Gasteiger partial charge in [0.1, 0.15) is 0 Å². The van der Waals surface area contributed by atoms with Crippen molar-refractivity contribution in [3.05, 3.63) is 46.4 Å². The van der Waals surface area contributed by atoms with Crippen molar-refractivity contribution in [3.63, 3.8) is 0 Å². The lowest BCUT2D eigenvalue weighted by Crippen LogP contribution is -2.10. The first-order valence-electron chi connectivity index (χ1n) is 8.04. The van der Waals surface area contributed by atoms with Gasteiger partial charge in [-0.05, 0) is 36.8 Å². The Kier molecular flexibility index (Phi) is 7.01. The number of nitrogens with one attached hydrogen (secondary N) is 1. The number of unbranched alkanes of at least 4 members (excludes halogenated alkanes) is 1. The molecule has 0 atom stereocenters. The highest BCUT2D eigenvalue weighted by molar-refractivity contribution is 9.10. The number of amides is 1. The molecule has 132 valence electrons. The largest absolute Gasteiger partial charge is 0.504 e. The number of benzene rings is 2. The molecule has 0 saturated heterocycles. The number of anilines is 1. The van der Waals surface area contributed by atoms with Crippen molar-refractivity contribution in [1.29, 1.82) is 0 Å². The van der Waals surface area contributed by atoms with E-state index < -0.39 is 0 Å². The topological polar surface area (TPSA) is 70.9 Å². The monoisotopic (exact) mass is 404 g/mol. The third kappa shape index (κ3) is 5.60. The molecule has 2 aromatic carbocycles. The summed E-state index contributed by atoms with van der Waals surface area (Å²) in [5, 5.41) is 13.0. The van der Waals surface area contributed by atoms with Gasteiger partial charge in [-0.3, -0.25) is 9.79 Å². The van der Waals surface area contributed by atoms with Crippen LogP contribution in [0.5, 0.6) is 11.5 Å². The summed E-state index contributed by atoms with van der Waals surface area (Å²) in [6.07, 6.45) is 3.92. The van der Waals surface area contributed by atoms with E-state index in [1.54, 1.807) is 24.4 Å². The van der Waals surface area contributed by atoms with Gasteiger partial charge in [-0.15, -0.1) is 0 Å². The fraction of sp³-hybridized carbons (Fsp3) is 0.263. The fourth-order valence-electron chi connectivity index (χ4n) is 2.22. The van der Waals surface area contributed by atoms with Gasteiger partial charge in [0, 0.05) is 28.4 Å². The lowest BCUT2D eigenvalue weighted by molar-refractivity contribution is -0.116. The molecule has 0 spiro atoms. The third-order valence-corrected chi connectivity index (χ3v) is 3.99. The molecule has 1 amide bonds.